The van der Waals surface area contributed by atoms with Crippen LogP contribution in [0.3, 0.4) is 0 Å². The van der Waals surface area contributed by atoms with Gasteiger partial charge in [-0.2, -0.15) is 4.98 Å². The summed E-state index contributed by atoms with van der Waals surface area (Å²) in [7, 11) is 6.17. The molecule has 2 heterocycles. The third-order valence-corrected chi connectivity index (χ3v) is 3.28. The standard InChI is InChI=1S/C12H19N5O4/c1-16-9-8(10(18)17(2)12(16)19)14-11(15-9)13-5-7(21-4)6-20-3/h7H,5-6H2,1-4H3,(H2,13,14,15). The molecule has 0 saturated carbocycles. The van der Waals surface area contributed by atoms with Gasteiger partial charge in [0.15, 0.2) is 11.2 Å². The van der Waals surface area contributed by atoms with Gasteiger partial charge in [-0.15, -0.1) is 0 Å². The van der Waals surface area contributed by atoms with E-state index in [0.29, 0.717) is 24.7 Å². The van der Waals surface area contributed by atoms with E-state index in [4.69, 9.17) is 9.47 Å². The van der Waals surface area contributed by atoms with E-state index in [1.54, 1.807) is 21.3 Å². The van der Waals surface area contributed by atoms with Crippen molar-refractivity contribution in [3.63, 3.8) is 0 Å². The van der Waals surface area contributed by atoms with E-state index in [0.717, 1.165) is 4.57 Å². The number of methoxy groups -OCH3 is 2. The SMILES string of the molecule is COCC(CNc1nc2c([nH]1)c(=O)n(C)c(=O)n2C)OC. The highest BCUT2D eigenvalue weighted by Gasteiger charge is 2.14. The normalized spacial score (nSPS) is 12.8. The van der Waals surface area contributed by atoms with Gasteiger partial charge in [0.1, 0.15) is 0 Å². The summed E-state index contributed by atoms with van der Waals surface area (Å²) in [5, 5.41) is 3.03. The molecule has 0 aromatic carbocycles. The van der Waals surface area contributed by atoms with Crippen LogP contribution in [0.5, 0.6) is 0 Å². The number of aromatic nitrogens is 4. The van der Waals surface area contributed by atoms with E-state index in [2.05, 4.69) is 15.3 Å². The molecule has 0 bridgehead atoms. The first-order valence-corrected chi connectivity index (χ1v) is 6.41. The number of nitrogens with zero attached hydrogens (tertiary/aromatic N) is 3. The lowest BCUT2D eigenvalue weighted by Gasteiger charge is -2.14. The maximum Gasteiger partial charge on any atom is 0.332 e. The van der Waals surface area contributed by atoms with Gasteiger partial charge in [-0.05, 0) is 0 Å². The Morgan fingerprint density at radius 2 is 2.00 bits per heavy atom. The van der Waals surface area contributed by atoms with Gasteiger partial charge in [-0.25, -0.2) is 4.79 Å². The molecule has 0 fully saturated rings. The van der Waals surface area contributed by atoms with E-state index in [1.807, 2.05) is 0 Å². The van der Waals surface area contributed by atoms with E-state index in [1.165, 1.54) is 11.6 Å². The second-order valence-corrected chi connectivity index (χ2v) is 4.68. The maximum atomic E-state index is 12.0. The van der Waals surface area contributed by atoms with Crippen molar-refractivity contribution in [1.82, 2.24) is 19.1 Å². The lowest BCUT2D eigenvalue weighted by molar-refractivity contribution is 0.0365. The summed E-state index contributed by atoms with van der Waals surface area (Å²) in [5.74, 6) is 0.404. The number of ether oxygens (including phenoxy) is 2. The van der Waals surface area contributed by atoms with Crippen molar-refractivity contribution in [2.24, 2.45) is 14.1 Å². The summed E-state index contributed by atoms with van der Waals surface area (Å²) in [6.07, 6.45) is -0.144. The smallest absolute Gasteiger partial charge is 0.332 e. The summed E-state index contributed by atoms with van der Waals surface area (Å²) in [5.41, 5.74) is -0.234. The molecule has 0 saturated heterocycles. The zero-order chi connectivity index (χ0) is 15.6. The predicted octanol–water partition coefficient (Wildman–Crippen LogP) is -0.966. The quantitative estimate of drug-likeness (QED) is 0.711. The highest BCUT2D eigenvalue weighted by Crippen LogP contribution is 2.08. The molecule has 9 nitrogen and oxygen atoms in total. The molecule has 0 amide bonds. The Morgan fingerprint density at radius 3 is 2.62 bits per heavy atom. The predicted molar refractivity (Wildman–Crippen MR) is 77.7 cm³/mol. The number of hydrogen-bond donors (Lipinski definition) is 2. The molecule has 9 heteroatoms. The molecule has 0 spiro atoms. The average Bonchev–Trinajstić information content (AvgIpc) is 2.91. The Labute approximate surface area is 120 Å². The molecule has 0 aliphatic rings. The molecule has 1 unspecified atom stereocenters. The molecule has 116 valence electrons. The van der Waals surface area contributed by atoms with Crippen LogP contribution in [0.1, 0.15) is 0 Å². The van der Waals surface area contributed by atoms with Crippen LogP contribution in [0.4, 0.5) is 5.95 Å². The van der Waals surface area contributed by atoms with E-state index >= 15 is 0 Å². The number of nitrogens with one attached hydrogen (secondary N) is 2. The molecule has 2 rings (SSSR count). The van der Waals surface area contributed by atoms with Gasteiger partial charge in [0, 0.05) is 34.9 Å². The fourth-order valence-corrected chi connectivity index (χ4v) is 2.02. The topological polar surface area (TPSA) is 103 Å². The molecular formula is C12H19N5O4. The summed E-state index contributed by atoms with van der Waals surface area (Å²) in [4.78, 5) is 31.0. The summed E-state index contributed by atoms with van der Waals surface area (Å²) < 4.78 is 12.6. The zero-order valence-electron chi connectivity index (χ0n) is 12.5. The maximum absolute atomic E-state index is 12.0. The second kappa shape index (κ2) is 6.10. The number of anilines is 1. The second-order valence-electron chi connectivity index (χ2n) is 4.68. The van der Waals surface area contributed by atoms with Crippen LogP contribution >= 0.6 is 0 Å². The molecule has 2 N–H and O–H groups in total. The van der Waals surface area contributed by atoms with Gasteiger partial charge in [0.05, 0.1) is 12.7 Å². The number of imidazole rings is 1. The molecule has 1 atom stereocenters. The summed E-state index contributed by atoms with van der Waals surface area (Å²) in [6, 6.07) is 0. The first kappa shape index (κ1) is 15.3. The van der Waals surface area contributed by atoms with Crippen LogP contribution in [0.15, 0.2) is 9.59 Å². The number of hydrogen-bond acceptors (Lipinski definition) is 6. The Kier molecular flexibility index (Phi) is 4.43. The average molecular weight is 297 g/mol. The first-order valence-electron chi connectivity index (χ1n) is 6.41. The molecule has 2 aromatic rings. The van der Waals surface area contributed by atoms with Crippen LogP contribution in [-0.4, -0.2) is 52.6 Å². The van der Waals surface area contributed by atoms with Gasteiger partial charge in [0.25, 0.3) is 5.56 Å². The van der Waals surface area contributed by atoms with Gasteiger partial charge >= 0.3 is 5.69 Å². The van der Waals surface area contributed by atoms with Gasteiger partial charge in [-0.3, -0.25) is 13.9 Å². The van der Waals surface area contributed by atoms with Crippen LogP contribution in [0.2, 0.25) is 0 Å². The third kappa shape index (κ3) is 2.83. The van der Waals surface area contributed by atoms with Gasteiger partial charge < -0.3 is 19.8 Å². The van der Waals surface area contributed by atoms with Crippen molar-refractivity contribution in [2.45, 2.75) is 6.10 Å². The minimum Gasteiger partial charge on any atom is -0.382 e. The highest BCUT2D eigenvalue weighted by molar-refractivity contribution is 5.72. The van der Waals surface area contributed by atoms with Crippen molar-refractivity contribution in [3.8, 4) is 0 Å². The lowest BCUT2D eigenvalue weighted by Crippen LogP contribution is -2.36. The Hall–Kier alpha value is -2.13. The van der Waals surface area contributed by atoms with Crippen LogP contribution in [0, 0.1) is 0 Å². The van der Waals surface area contributed by atoms with Gasteiger partial charge in [0.2, 0.25) is 5.95 Å². The van der Waals surface area contributed by atoms with Crippen molar-refractivity contribution >= 4 is 17.1 Å². The van der Waals surface area contributed by atoms with Crippen molar-refractivity contribution in [2.75, 3.05) is 32.7 Å². The fraction of sp³-hybridized carbons (Fsp3) is 0.583. The summed E-state index contributed by atoms with van der Waals surface area (Å²) in [6.45, 7) is 0.891. The molecule has 2 aromatic heterocycles. The first-order chi connectivity index (χ1) is 9.99. The van der Waals surface area contributed by atoms with Crippen molar-refractivity contribution in [3.05, 3.63) is 20.8 Å². The number of aromatic amines is 1. The number of fused-ring (bicyclic) bond motifs is 1. The lowest BCUT2D eigenvalue weighted by atomic mass is 10.4. The minimum absolute atomic E-state index is 0.144. The number of aryl methyl sites for hydroxylation is 1. The number of rotatable bonds is 6. The highest BCUT2D eigenvalue weighted by atomic mass is 16.5. The fourth-order valence-electron chi connectivity index (χ4n) is 2.02. The third-order valence-electron chi connectivity index (χ3n) is 3.28. The largest absolute Gasteiger partial charge is 0.382 e. The molecule has 0 aliphatic heterocycles. The monoisotopic (exact) mass is 297 g/mol. The zero-order valence-corrected chi connectivity index (χ0v) is 12.5. The van der Waals surface area contributed by atoms with E-state index < -0.39 is 11.2 Å². The number of H-pyrrole nitrogens is 1. The van der Waals surface area contributed by atoms with Crippen LogP contribution in [0.25, 0.3) is 11.2 Å². The molecule has 0 aliphatic carbocycles. The van der Waals surface area contributed by atoms with Crippen LogP contribution < -0.4 is 16.6 Å². The molecule has 0 radical (unpaired) electrons. The molecule has 21 heavy (non-hydrogen) atoms. The Morgan fingerprint density at radius 1 is 1.29 bits per heavy atom. The Balaban J connectivity index is 2.32. The van der Waals surface area contributed by atoms with E-state index in [-0.39, 0.29) is 11.6 Å². The van der Waals surface area contributed by atoms with Crippen LogP contribution in [-0.2, 0) is 23.6 Å². The van der Waals surface area contributed by atoms with Gasteiger partial charge in [-0.1, -0.05) is 0 Å². The van der Waals surface area contributed by atoms with E-state index in [9.17, 15) is 9.59 Å². The summed E-state index contributed by atoms with van der Waals surface area (Å²) >= 11 is 0. The van der Waals surface area contributed by atoms with Crippen molar-refractivity contribution < 1.29 is 9.47 Å². The molecular weight excluding hydrogens is 278 g/mol. The van der Waals surface area contributed by atoms with Crippen molar-refractivity contribution in [1.29, 1.82) is 0 Å². The Bertz CT molecular complexity index is 744. The minimum atomic E-state index is -0.417.